The highest BCUT2D eigenvalue weighted by Gasteiger charge is 2.24. The van der Waals surface area contributed by atoms with Gasteiger partial charge in [0.2, 0.25) is 5.91 Å². The van der Waals surface area contributed by atoms with E-state index in [2.05, 4.69) is 5.32 Å². The molecule has 0 saturated heterocycles. The summed E-state index contributed by atoms with van der Waals surface area (Å²) < 4.78 is 0. The summed E-state index contributed by atoms with van der Waals surface area (Å²) in [5, 5.41) is 24.4. The number of thiophene rings is 1. The van der Waals surface area contributed by atoms with Crippen LogP contribution >= 0.6 is 11.3 Å². The molecule has 3 N–H and O–H groups in total. The lowest BCUT2D eigenvalue weighted by Crippen LogP contribution is -2.39. The van der Waals surface area contributed by atoms with Crippen molar-refractivity contribution in [1.29, 1.82) is 0 Å². The molecule has 2 aromatic carbocycles. The summed E-state index contributed by atoms with van der Waals surface area (Å²) in [4.78, 5) is 27.8. The topological polar surface area (TPSA) is 89.9 Å². The van der Waals surface area contributed by atoms with Crippen molar-refractivity contribution in [3.05, 3.63) is 77.7 Å². The van der Waals surface area contributed by atoms with E-state index in [0.717, 1.165) is 21.6 Å². The van der Waals surface area contributed by atoms with E-state index >= 15 is 0 Å². The number of benzene rings is 2. The third-order valence-electron chi connectivity index (χ3n) is 5.32. The predicted octanol–water partition coefficient (Wildman–Crippen LogP) is 4.55. The highest BCUT2D eigenvalue weighted by atomic mass is 32.1. The van der Waals surface area contributed by atoms with Crippen LogP contribution in [0.25, 0.3) is 16.0 Å². The lowest BCUT2D eigenvalue weighted by Gasteiger charge is -2.23. The number of nitrogens with zero attached hydrogens (tertiary/aromatic N) is 1. The Labute approximate surface area is 197 Å². The van der Waals surface area contributed by atoms with Crippen LogP contribution in [-0.4, -0.2) is 41.3 Å². The van der Waals surface area contributed by atoms with Gasteiger partial charge in [-0.2, -0.15) is 0 Å². The molecule has 2 amide bonds. The van der Waals surface area contributed by atoms with E-state index in [4.69, 9.17) is 0 Å². The zero-order chi connectivity index (χ0) is 23.8. The van der Waals surface area contributed by atoms with Crippen molar-refractivity contribution in [2.75, 3.05) is 23.4 Å². The van der Waals surface area contributed by atoms with Crippen molar-refractivity contribution in [2.24, 2.45) is 0 Å². The van der Waals surface area contributed by atoms with Gasteiger partial charge in [0.1, 0.15) is 6.10 Å². The minimum absolute atomic E-state index is 0.0667. The number of amides is 2. The second-order valence-corrected chi connectivity index (χ2v) is 8.50. The first-order valence-electron chi connectivity index (χ1n) is 10.7. The second-order valence-electron chi connectivity index (χ2n) is 7.55. The minimum Gasteiger partial charge on any atom is -0.395 e. The number of allylic oxidation sites excluding steroid dienone is 2. The number of aliphatic hydroxyl groups excluding tert-OH is 2. The molecule has 1 atom stereocenters. The maximum atomic E-state index is 12.8. The van der Waals surface area contributed by atoms with Gasteiger partial charge in [-0.05, 0) is 66.3 Å². The maximum absolute atomic E-state index is 12.8. The van der Waals surface area contributed by atoms with Gasteiger partial charge in [-0.1, -0.05) is 36.4 Å². The van der Waals surface area contributed by atoms with Gasteiger partial charge in [0.05, 0.1) is 13.0 Å². The van der Waals surface area contributed by atoms with Crippen LogP contribution in [0.3, 0.4) is 0 Å². The smallest absolute Gasteiger partial charge is 0.253 e. The summed E-state index contributed by atoms with van der Waals surface area (Å²) in [7, 11) is 0. The molecular weight excluding hydrogens is 436 g/mol. The van der Waals surface area contributed by atoms with Crippen molar-refractivity contribution in [2.45, 2.75) is 26.4 Å². The Kier molecular flexibility index (Phi) is 8.54. The summed E-state index contributed by atoms with van der Waals surface area (Å²) >= 11 is 1.62. The van der Waals surface area contributed by atoms with E-state index in [1.54, 1.807) is 35.6 Å². The fourth-order valence-corrected chi connectivity index (χ4v) is 4.06. The summed E-state index contributed by atoms with van der Waals surface area (Å²) in [6.45, 7) is 3.78. The fraction of sp³-hybridized carbons (Fsp3) is 0.231. The number of anilines is 2. The van der Waals surface area contributed by atoms with E-state index in [-0.39, 0.29) is 13.2 Å². The third-order valence-corrected chi connectivity index (χ3v) is 6.24. The fourth-order valence-electron chi connectivity index (χ4n) is 3.32. The highest BCUT2D eigenvalue weighted by molar-refractivity contribution is 7.13. The maximum Gasteiger partial charge on any atom is 0.253 e. The number of hydrogen-bond acceptors (Lipinski definition) is 5. The number of carbonyl (C=O) groups excluding carboxylic acids is 2. The molecule has 0 fully saturated rings. The van der Waals surface area contributed by atoms with Gasteiger partial charge in [-0.15, -0.1) is 11.3 Å². The average Bonchev–Trinajstić information content (AvgIpc) is 3.37. The molecule has 172 valence electrons. The van der Waals surface area contributed by atoms with Crippen LogP contribution in [-0.2, 0) is 9.59 Å². The second kappa shape index (κ2) is 11.6. The molecular formula is C26H28N2O4S. The first kappa shape index (κ1) is 24.4. The summed E-state index contributed by atoms with van der Waals surface area (Å²) in [5.41, 5.74) is 4.31. The van der Waals surface area contributed by atoms with Gasteiger partial charge in [0.15, 0.2) is 0 Å². The zero-order valence-corrected chi connectivity index (χ0v) is 19.5. The molecule has 3 aromatic rings. The molecule has 1 aromatic heterocycles. The van der Waals surface area contributed by atoms with Gasteiger partial charge in [0, 0.05) is 22.8 Å². The molecule has 0 spiro atoms. The highest BCUT2D eigenvalue weighted by Crippen LogP contribution is 2.27. The van der Waals surface area contributed by atoms with Gasteiger partial charge in [0.25, 0.3) is 5.91 Å². The number of rotatable bonds is 9. The quantitative estimate of drug-likeness (QED) is 0.433. The van der Waals surface area contributed by atoms with E-state index in [0.29, 0.717) is 11.4 Å². The third kappa shape index (κ3) is 6.38. The van der Waals surface area contributed by atoms with Crippen LogP contribution in [0.4, 0.5) is 11.4 Å². The molecule has 33 heavy (non-hydrogen) atoms. The van der Waals surface area contributed by atoms with Crippen molar-refractivity contribution >= 4 is 40.1 Å². The van der Waals surface area contributed by atoms with Gasteiger partial charge < -0.3 is 20.4 Å². The summed E-state index contributed by atoms with van der Waals surface area (Å²) in [5.74, 6) is -1.11. The SMILES string of the molecule is CC=C(C)c1ccc(NC(=O)C(O)CC(=O)N(CCO)c2ccc(-c3cccs3)cc2)cc1. The first-order valence-corrected chi connectivity index (χ1v) is 11.6. The number of aliphatic hydroxyl groups is 2. The van der Waals surface area contributed by atoms with E-state index in [1.165, 1.54) is 4.90 Å². The van der Waals surface area contributed by atoms with Crippen LogP contribution in [0.1, 0.15) is 25.8 Å². The molecule has 0 radical (unpaired) electrons. The molecule has 0 bridgehead atoms. The number of carbonyl (C=O) groups is 2. The lowest BCUT2D eigenvalue weighted by atomic mass is 10.1. The van der Waals surface area contributed by atoms with Crippen LogP contribution < -0.4 is 10.2 Å². The zero-order valence-electron chi connectivity index (χ0n) is 18.7. The Morgan fingerprint density at radius 3 is 2.36 bits per heavy atom. The molecule has 1 heterocycles. The van der Waals surface area contributed by atoms with Crippen LogP contribution in [0.5, 0.6) is 0 Å². The summed E-state index contributed by atoms with van der Waals surface area (Å²) in [6, 6.07) is 18.6. The molecule has 3 rings (SSSR count). The Hall–Kier alpha value is -3.26. The van der Waals surface area contributed by atoms with E-state index in [1.807, 2.05) is 61.7 Å². The monoisotopic (exact) mass is 464 g/mol. The standard InChI is InChI=1S/C26H28N2O4S/c1-3-18(2)19-6-10-21(11-7-19)27-26(32)23(30)17-25(31)28(14-15-29)22-12-8-20(9-13-22)24-5-4-16-33-24/h3-13,16,23,29-30H,14-15,17H2,1-2H3,(H,27,32). The Morgan fingerprint density at radius 2 is 1.79 bits per heavy atom. The number of nitrogens with one attached hydrogen (secondary N) is 1. The molecule has 0 aliphatic heterocycles. The van der Waals surface area contributed by atoms with Gasteiger partial charge in [-0.25, -0.2) is 0 Å². The lowest BCUT2D eigenvalue weighted by molar-refractivity contribution is -0.129. The molecule has 1 unspecified atom stereocenters. The predicted molar refractivity (Wildman–Crippen MR) is 134 cm³/mol. The van der Waals surface area contributed by atoms with Crippen molar-refractivity contribution < 1.29 is 19.8 Å². The molecule has 0 aliphatic carbocycles. The summed E-state index contributed by atoms with van der Waals surface area (Å²) in [6.07, 6.45) is 0.0893. The Bertz CT molecular complexity index is 1090. The van der Waals surface area contributed by atoms with Crippen molar-refractivity contribution in [3.8, 4) is 10.4 Å². The molecule has 6 nitrogen and oxygen atoms in total. The largest absolute Gasteiger partial charge is 0.395 e. The van der Waals surface area contributed by atoms with Crippen LogP contribution in [0.15, 0.2) is 72.1 Å². The first-order chi connectivity index (χ1) is 15.9. The molecule has 0 aliphatic rings. The van der Waals surface area contributed by atoms with Crippen LogP contribution in [0, 0.1) is 0 Å². The van der Waals surface area contributed by atoms with E-state index in [9.17, 15) is 19.8 Å². The normalized spacial score (nSPS) is 12.3. The van der Waals surface area contributed by atoms with Crippen molar-refractivity contribution in [1.82, 2.24) is 0 Å². The van der Waals surface area contributed by atoms with Crippen LogP contribution in [0.2, 0.25) is 0 Å². The number of hydrogen-bond donors (Lipinski definition) is 3. The Morgan fingerprint density at radius 1 is 1.09 bits per heavy atom. The van der Waals surface area contributed by atoms with Gasteiger partial charge >= 0.3 is 0 Å². The van der Waals surface area contributed by atoms with Gasteiger partial charge in [-0.3, -0.25) is 9.59 Å². The van der Waals surface area contributed by atoms with Crippen molar-refractivity contribution in [3.63, 3.8) is 0 Å². The van der Waals surface area contributed by atoms with E-state index < -0.39 is 24.3 Å². The minimum atomic E-state index is -1.51. The molecule has 0 saturated carbocycles. The average molecular weight is 465 g/mol. The Balaban J connectivity index is 1.63. The molecule has 7 heteroatoms.